The molecule has 1 N–H and O–H groups in total. The molecule has 0 aliphatic rings. The zero-order chi connectivity index (χ0) is 16.3. The summed E-state index contributed by atoms with van der Waals surface area (Å²) in [5, 5.41) is 6.81. The van der Waals surface area contributed by atoms with Crippen LogP contribution in [0.15, 0.2) is 58.9 Å². The monoisotopic (exact) mass is 367 g/mol. The molecule has 3 aromatic rings. The van der Waals surface area contributed by atoms with Crippen LogP contribution in [0.5, 0.6) is 0 Å². The summed E-state index contributed by atoms with van der Waals surface area (Å²) in [5.41, 5.74) is 0.887. The maximum absolute atomic E-state index is 12.2. The van der Waals surface area contributed by atoms with Crippen LogP contribution < -0.4 is 4.72 Å². The Kier molecular flexibility index (Phi) is 4.82. The molecule has 2 heterocycles. The SMILES string of the molecule is O=S(=O)(NCCn1ccc(-c2cccs2)n1)c1cccc(Cl)c1. The summed E-state index contributed by atoms with van der Waals surface area (Å²) >= 11 is 7.44. The number of benzene rings is 1. The molecule has 0 bridgehead atoms. The smallest absolute Gasteiger partial charge is 0.240 e. The zero-order valence-electron chi connectivity index (χ0n) is 12.0. The van der Waals surface area contributed by atoms with E-state index >= 15 is 0 Å². The third kappa shape index (κ3) is 4.00. The fraction of sp³-hybridized carbons (Fsp3) is 0.133. The lowest BCUT2D eigenvalue weighted by atomic mass is 10.3. The van der Waals surface area contributed by atoms with Crippen LogP contribution in [0.2, 0.25) is 5.02 Å². The van der Waals surface area contributed by atoms with Gasteiger partial charge in [-0.05, 0) is 35.7 Å². The van der Waals surface area contributed by atoms with Crippen molar-refractivity contribution in [3.8, 4) is 10.6 Å². The molecule has 23 heavy (non-hydrogen) atoms. The van der Waals surface area contributed by atoms with Gasteiger partial charge in [0.15, 0.2) is 0 Å². The second-order valence-corrected chi connectivity index (χ2v) is 7.95. The largest absolute Gasteiger partial charge is 0.271 e. The maximum Gasteiger partial charge on any atom is 0.240 e. The summed E-state index contributed by atoms with van der Waals surface area (Å²) in [6, 6.07) is 12.1. The highest BCUT2D eigenvalue weighted by Crippen LogP contribution is 2.22. The molecule has 120 valence electrons. The number of halogens is 1. The van der Waals surface area contributed by atoms with E-state index < -0.39 is 10.0 Å². The summed E-state index contributed by atoms with van der Waals surface area (Å²) in [4.78, 5) is 1.24. The number of hydrogen-bond acceptors (Lipinski definition) is 4. The quantitative estimate of drug-likeness (QED) is 0.727. The van der Waals surface area contributed by atoms with Gasteiger partial charge in [-0.25, -0.2) is 13.1 Å². The number of nitrogens with one attached hydrogen (secondary N) is 1. The van der Waals surface area contributed by atoms with Gasteiger partial charge in [0, 0.05) is 17.8 Å². The second kappa shape index (κ2) is 6.84. The highest BCUT2D eigenvalue weighted by molar-refractivity contribution is 7.89. The molecule has 0 saturated heterocycles. The Hall–Kier alpha value is -1.67. The average Bonchev–Trinajstić information content (AvgIpc) is 3.18. The van der Waals surface area contributed by atoms with Gasteiger partial charge >= 0.3 is 0 Å². The van der Waals surface area contributed by atoms with Crippen LogP contribution in [-0.4, -0.2) is 24.7 Å². The molecular formula is C15H14ClN3O2S2. The van der Waals surface area contributed by atoms with Crippen molar-refractivity contribution in [2.24, 2.45) is 0 Å². The molecular weight excluding hydrogens is 354 g/mol. The predicted molar refractivity (Wildman–Crippen MR) is 92.2 cm³/mol. The van der Waals surface area contributed by atoms with Crippen molar-refractivity contribution in [3.63, 3.8) is 0 Å². The minimum Gasteiger partial charge on any atom is -0.271 e. The van der Waals surface area contributed by atoms with Gasteiger partial charge in [-0.2, -0.15) is 5.10 Å². The fourth-order valence-electron chi connectivity index (χ4n) is 2.05. The third-order valence-corrected chi connectivity index (χ3v) is 5.74. The van der Waals surface area contributed by atoms with Gasteiger partial charge in [0.05, 0.1) is 16.3 Å². The zero-order valence-corrected chi connectivity index (χ0v) is 14.4. The molecule has 5 nitrogen and oxygen atoms in total. The predicted octanol–water partition coefficient (Wildman–Crippen LogP) is 3.24. The number of thiophene rings is 1. The van der Waals surface area contributed by atoms with Crippen LogP contribution in [0, 0.1) is 0 Å². The normalized spacial score (nSPS) is 11.7. The van der Waals surface area contributed by atoms with Crippen molar-refractivity contribution >= 4 is 33.0 Å². The highest BCUT2D eigenvalue weighted by Gasteiger charge is 2.13. The third-order valence-electron chi connectivity index (χ3n) is 3.15. The molecule has 0 saturated carbocycles. The number of aromatic nitrogens is 2. The minimum atomic E-state index is -3.56. The van der Waals surface area contributed by atoms with E-state index in [4.69, 9.17) is 11.6 Å². The molecule has 0 aliphatic heterocycles. The van der Waals surface area contributed by atoms with Gasteiger partial charge in [0.1, 0.15) is 5.69 Å². The molecule has 2 aromatic heterocycles. The van der Waals surface area contributed by atoms with E-state index in [9.17, 15) is 8.42 Å². The van der Waals surface area contributed by atoms with Crippen LogP contribution in [0.1, 0.15) is 0 Å². The van der Waals surface area contributed by atoms with E-state index in [1.54, 1.807) is 28.2 Å². The Morgan fingerprint density at radius 1 is 1.22 bits per heavy atom. The Morgan fingerprint density at radius 3 is 2.83 bits per heavy atom. The fourth-order valence-corrected chi connectivity index (χ4v) is 4.07. The van der Waals surface area contributed by atoms with Crippen molar-refractivity contribution in [3.05, 3.63) is 59.1 Å². The molecule has 3 rings (SSSR count). The first-order chi connectivity index (χ1) is 11.0. The summed E-state index contributed by atoms with van der Waals surface area (Å²) in [5.74, 6) is 0. The van der Waals surface area contributed by atoms with Gasteiger partial charge < -0.3 is 0 Å². The lowest BCUT2D eigenvalue weighted by Crippen LogP contribution is -2.27. The number of hydrogen-bond donors (Lipinski definition) is 1. The Bertz CT molecular complexity index is 889. The first-order valence-electron chi connectivity index (χ1n) is 6.87. The van der Waals surface area contributed by atoms with Gasteiger partial charge in [0.2, 0.25) is 10.0 Å². The molecule has 1 aromatic carbocycles. The Balaban J connectivity index is 1.61. The van der Waals surface area contributed by atoms with Crippen LogP contribution in [-0.2, 0) is 16.6 Å². The van der Waals surface area contributed by atoms with E-state index in [0.29, 0.717) is 11.6 Å². The van der Waals surface area contributed by atoms with Gasteiger partial charge in [-0.1, -0.05) is 23.7 Å². The maximum atomic E-state index is 12.2. The Morgan fingerprint density at radius 2 is 2.09 bits per heavy atom. The molecule has 0 radical (unpaired) electrons. The van der Waals surface area contributed by atoms with Crippen LogP contribution >= 0.6 is 22.9 Å². The molecule has 8 heteroatoms. The summed E-state index contributed by atoms with van der Waals surface area (Å²) in [6.07, 6.45) is 1.84. The lowest BCUT2D eigenvalue weighted by Gasteiger charge is -2.07. The van der Waals surface area contributed by atoms with E-state index in [1.165, 1.54) is 12.1 Å². The van der Waals surface area contributed by atoms with Crippen molar-refractivity contribution in [2.45, 2.75) is 11.4 Å². The number of nitrogens with zero attached hydrogens (tertiary/aromatic N) is 2. The molecule has 0 amide bonds. The average molecular weight is 368 g/mol. The topological polar surface area (TPSA) is 64.0 Å². The van der Waals surface area contributed by atoms with E-state index in [2.05, 4.69) is 9.82 Å². The van der Waals surface area contributed by atoms with Crippen molar-refractivity contribution < 1.29 is 8.42 Å². The van der Waals surface area contributed by atoms with Gasteiger partial charge in [-0.15, -0.1) is 11.3 Å². The van der Waals surface area contributed by atoms with Crippen LogP contribution in [0.25, 0.3) is 10.6 Å². The molecule has 0 atom stereocenters. The highest BCUT2D eigenvalue weighted by atomic mass is 35.5. The van der Waals surface area contributed by atoms with E-state index in [1.807, 2.05) is 29.8 Å². The van der Waals surface area contributed by atoms with Crippen molar-refractivity contribution in [1.82, 2.24) is 14.5 Å². The first kappa shape index (κ1) is 16.2. The van der Waals surface area contributed by atoms with Crippen LogP contribution in [0.4, 0.5) is 0 Å². The lowest BCUT2D eigenvalue weighted by molar-refractivity contribution is 0.561. The van der Waals surface area contributed by atoms with Crippen LogP contribution in [0.3, 0.4) is 0 Å². The van der Waals surface area contributed by atoms with E-state index in [-0.39, 0.29) is 11.4 Å². The minimum absolute atomic E-state index is 0.157. The molecule has 0 fully saturated rings. The van der Waals surface area contributed by atoms with E-state index in [0.717, 1.165) is 10.6 Å². The number of sulfonamides is 1. The summed E-state index contributed by atoms with van der Waals surface area (Å²) in [6.45, 7) is 0.700. The van der Waals surface area contributed by atoms with Gasteiger partial charge in [-0.3, -0.25) is 4.68 Å². The van der Waals surface area contributed by atoms with Crippen molar-refractivity contribution in [1.29, 1.82) is 0 Å². The first-order valence-corrected chi connectivity index (χ1v) is 9.61. The summed E-state index contributed by atoms with van der Waals surface area (Å²) in [7, 11) is -3.56. The molecule has 0 aliphatic carbocycles. The van der Waals surface area contributed by atoms with Crippen molar-refractivity contribution in [2.75, 3.05) is 6.54 Å². The standard InChI is InChI=1S/C15H14ClN3O2S2/c16-12-3-1-4-13(11-12)23(20,21)17-7-9-19-8-6-14(18-19)15-5-2-10-22-15/h1-6,8,10-11,17H,7,9H2. The second-order valence-electron chi connectivity index (χ2n) is 4.80. The molecule has 0 unspecified atom stereocenters. The van der Waals surface area contributed by atoms with Gasteiger partial charge in [0.25, 0.3) is 0 Å². The summed E-state index contributed by atoms with van der Waals surface area (Å²) < 4.78 is 28.6. The Labute approximate surface area is 143 Å². The number of rotatable bonds is 6. The molecule has 0 spiro atoms.